The van der Waals surface area contributed by atoms with E-state index in [0.717, 1.165) is 5.56 Å². The highest BCUT2D eigenvalue weighted by molar-refractivity contribution is 9.10. The first-order chi connectivity index (χ1) is 9.69. The smallest absolute Gasteiger partial charge is 0.413 e. The summed E-state index contributed by atoms with van der Waals surface area (Å²) in [5, 5.41) is 2.54. The van der Waals surface area contributed by atoms with E-state index in [1.165, 1.54) is 7.11 Å². The molecule has 0 aliphatic heterocycles. The number of aromatic nitrogens is 1. The van der Waals surface area contributed by atoms with Crippen molar-refractivity contribution in [3.05, 3.63) is 52.5 Å². The molecule has 0 atom stereocenters. The van der Waals surface area contributed by atoms with Crippen LogP contribution in [0, 0.1) is 0 Å². The fourth-order valence-electron chi connectivity index (χ4n) is 1.50. The van der Waals surface area contributed by atoms with Gasteiger partial charge in [-0.25, -0.2) is 4.79 Å². The van der Waals surface area contributed by atoms with Crippen molar-refractivity contribution < 1.29 is 14.3 Å². The van der Waals surface area contributed by atoms with E-state index in [9.17, 15) is 4.79 Å². The van der Waals surface area contributed by atoms with Crippen LogP contribution in [-0.2, 0) is 11.3 Å². The summed E-state index contributed by atoms with van der Waals surface area (Å²) in [6.07, 6.45) is -0.564. The number of halogens is 1. The molecule has 2 aromatic rings. The van der Waals surface area contributed by atoms with Crippen molar-refractivity contribution >= 4 is 27.8 Å². The number of amides is 1. The summed E-state index contributed by atoms with van der Waals surface area (Å²) in [4.78, 5) is 15.7. The van der Waals surface area contributed by atoms with Gasteiger partial charge in [-0.15, -0.1) is 0 Å². The molecule has 0 radical (unpaired) electrons. The second-order valence-corrected chi connectivity index (χ2v) is 4.73. The molecule has 5 nitrogen and oxygen atoms in total. The number of carbonyl (C=O) groups excluding carboxylic acids is 1. The number of hydrogen-bond donors (Lipinski definition) is 1. The highest BCUT2D eigenvalue weighted by Gasteiger charge is 2.08. The number of ether oxygens (including phenoxy) is 2. The Labute approximate surface area is 125 Å². The molecular weight excluding hydrogens is 324 g/mol. The molecule has 2 rings (SSSR count). The molecule has 0 saturated heterocycles. The molecular formula is C14H13BrN2O3. The van der Waals surface area contributed by atoms with E-state index < -0.39 is 6.09 Å². The zero-order valence-corrected chi connectivity index (χ0v) is 12.4. The van der Waals surface area contributed by atoms with E-state index in [-0.39, 0.29) is 6.61 Å². The summed E-state index contributed by atoms with van der Waals surface area (Å²) in [5.74, 6) is 0.758. The predicted octanol–water partition coefficient (Wildman–Crippen LogP) is 3.60. The first-order valence-corrected chi connectivity index (χ1v) is 6.66. The van der Waals surface area contributed by atoms with E-state index in [1.54, 1.807) is 12.1 Å². The van der Waals surface area contributed by atoms with Gasteiger partial charge in [0.15, 0.2) is 0 Å². The topological polar surface area (TPSA) is 60.5 Å². The van der Waals surface area contributed by atoms with Crippen LogP contribution in [0.15, 0.2) is 46.9 Å². The Kier molecular flexibility index (Phi) is 4.95. The fraction of sp³-hybridized carbons (Fsp3) is 0.143. The first-order valence-electron chi connectivity index (χ1n) is 5.87. The number of hydrogen-bond acceptors (Lipinski definition) is 4. The van der Waals surface area contributed by atoms with Gasteiger partial charge < -0.3 is 9.47 Å². The lowest BCUT2D eigenvalue weighted by atomic mass is 10.2. The number of anilines is 1. The molecule has 1 N–H and O–H groups in total. The van der Waals surface area contributed by atoms with Gasteiger partial charge in [0, 0.05) is 0 Å². The molecule has 1 aromatic carbocycles. The number of methoxy groups -OCH3 is 1. The summed E-state index contributed by atoms with van der Waals surface area (Å²) < 4.78 is 10.9. The lowest BCUT2D eigenvalue weighted by Crippen LogP contribution is -2.14. The van der Waals surface area contributed by atoms with Crippen molar-refractivity contribution in [2.75, 3.05) is 12.4 Å². The molecule has 0 aliphatic carbocycles. The number of carbonyl (C=O) groups is 1. The van der Waals surface area contributed by atoms with Crippen molar-refractivity contribution in [3.8, 4) is 5.88 Å². The van der Waals surface area contributed by atoms with Gasteiger partial charge in [0.25, 0.3) is 0 Å². The summed E-state index contributed by atoms with van der Waals surface area (Å²) >= 11 is 3.29. The standard InChI is InChI=1S/C14H13BrN2O3/c1-19-13-11(15)7-8-12(16-13)17-14(18)20-9-10-5-3-2-4-6-10/h2-8H,9H2,1H3,(H,16,17,18). The van der Waals surface area contributed by atoms with Gasteiger partial charge in [0.1, 0.15) is 12.4 Å². The monoisotopic (exact) mass is 336 g/mol. The molecule has 0 aliphatic rings. The Balaban J connectivity index is 1.91. The Morgan fingerprint density at radius 1 is 1.25 bits per heavy atom. The van der Waals surface area contributed by atoms with Crippen LogP contribution in [0.4, 0.5) is 10.6 Å². The normalized spacial score (nSPS) is 9.90. The molecule has 0 bridgehead atoms. The summed E-state index contributed by atoms with van der Waals surface area (Å²) in [6, 6.07) is 12.8. The lowest BCUT2D eigenvalue weighted by Gasteiger charge is -2.08. The molecule has 1 aromatic heterocycles. The van der Waals surface area contributed by atoms with E-state index in [4.69, 9.17) is 9.47 Å². The molecule has 1 amide bonds. The first kappa shape index (κ1) is 14.3. The van der Waals surface area contributed by atoms with Gasteiger partial charge in [0.05, 0.1) is 11.6 Å². The second-order valence-electron chi connectivity index (χ2n) is 3.87. The number of rotatable bonds is 4. The van der Waals surface area contributed by atoms with Gasteiger partial charge in [-0.3, -0.25) is 5.32 Å². The maximum absolute atomic E-state index is 11.6. The zero-order valence-electron chi connectivity index (χ0n) is 10.8. The molecule has 104 valence electrons. The van der Waals surface area contributed by atoms with Gasteiger partial charge in [-0.05, 0) is 33.6 Å². The summed E-state index contributed by atoms with van der Waals surface area (Å²) in [5.41, 5.74) is 0.920. The third-order valence-electron chi connectivity index (χ3n) is 2.45. The van der Waals surface area contributed by atoms with Crippen molar-refractivity contribution in [3.63, 3.8) is 0 Å². The Morgan fingerprint density at radius 2 is 2.00 bits per heavy atom. The summed E-state index contributed by atoms with van der Waals surface area (Å²) in [7, 11) is 1.50. The molecule has 0 unspecified atom stereocenters. The minimum absolute atomic E-state index is 0.209. The predicted molar refractivity (Wildman–Crippen MR) is 78.7 cm³/mol. The molecule has 0 saturated carbocycles. The Hall–Kier alpha value is -2.08. The van der Waals surface area contributed by atoms with Gasteiger partial charge in [-0.2, -0.15) is 4.98 Å². The highest BCUT2D eigenvalue weighted by atomic mass is 79.9. The molecule has 0 spiro atoms. The van der Waals surface area contributed by atoms with Crippen LogP contribution in [0.1, 0.15) is 5.56 Å². The van der Waals surface area contributed by atoms with Gasteiger partial charge >= 0.3 is 6.09 Å². The maximum atomic E-state index is 11.6. The third-order valence-corrected chi connectivity index (χ3v) is 3.05. The zero-order chi connectivity index (χ0) is 14.4. The van der Waals surface area contributed by atoms with E-state index in [2.05, 4.69) is 26.2 Å². The molecule has 1 heterocycles. The average molecular weight is 337 g/mol. The minimum Gasteiger partial charge on any atom is -0.480 e. The Bertz CT molecular complexity index is 590. The van der Waals surface area contributed by atoms with E-state index >= 15 is 0 Å². The van der Waals surface area contributed by atoms with Crippen molar-refractivity contribution in [2.24, 2.45) is 0 Å². The van der Waals surface area contributed by atoms with Crippen molar-refractivity contribution in [2.45, 2.75) is 6.61 Å². The number of nitrogens with zero attached hydrogens (tertiary/aromatic N) is 1. The SMILES string of the molecule is COc1nc(NC(=O)OCc2ccccc2)ccc1Br. The quantitative estimate of drug-likeness (QED) is 0.926. The van der Waals surface area contributed by atoms with Gasteiger partial charge in [-0.1, -0.05) is 30.3 Å². The summed E-state index contributed by atoms with van der Waals surface area (Å²) in [6.45, 7) is 0.209. The highest BCUT2D eigenvalue weighted by Crippen LogP contribution is 2.23. The van der Waals surface area contributed by atoms with E-state index in [0.29, 0.717) is 16.2 Å². The minimum atomic E-state index is -0.564. The largest absolute Gasteiger partial charge is 0.480 e. The van der Waals surface area contributed by atoms with Crippen LogP contribution >= 0.6 is 15.9 Å². The maximum Gasteiger partial charge on any atom is 0.413 e. The van der Waals surface area contributed by atoms with E-state index in [1.807, 2.05) is 30.3 Å². The van der Waals surface area contributed by atoms with Crippen molar-refractivity contribution in [1.82, 2.24) is 4.98 Å². The van der Waals surface area contributed by atoms with Crippen LogP contribution < -0.4 is 10.1 Å². The number of pyridine rings is 1. The molecule has 6 heteroatoms. The van der Waals surface area contributed by atoms with Crippen LogP contribution in [0.3, 0.4) is 0 Å². The lowest BCUT2D eigenvalue weighted by molar-refractivity contribution is 0.155. The van der Waals surface area contributed by atoms with Crippen LogP contribution in [0.2, 0.25) is 0 Å². The Morgan fingerprint density at radius 3 is 2.70 bits per heavy atom. The van der Waals surface area contributed by atoms with Crippen LogP contribution in [-0.4, -0.2) is 18.2 Å². The average Bonchev–Trinajstić information content (AvgIpc) is 2.48. The number of nitrogens with one attached hydrogen (secondary N) is 1. The van der Waals surface area contributed by atoms with Crippen LogP contribution in [0.25, 0.3) is 0 Å². The molecule has 0 fully saturated rings. The van der Waals surface area contributed by atoms with Crippen LogP contribution in [0.5, 0.6) is 5.88 Å². The van der Waals surface area contributed by atoms with Crippen molar-refractivity contribution in [1.29, 1.82) is 0 Å². The number of benzene rings is 1. The fourth-order valence-corrected chi connectivity index (χ4v) is 1.88. The molecule has 20 heavy (non-hydrogen) atoms. The third kappa shape index (κ3) is 3.96. The second kappa shape index (κ2) is 6.91. The van der Waals surface area contributed by atoms with Gasteiger partial charge in [0.2, 0.25) is 5.88 Å².